The minimum atomic E-state index is -0.660. The topological polar surface area (TPSA) is 83.6 Å². The van der Waals surface area contributed by atoms with E-state index >= 15 is 0 Å². The van der Waals surface area contributed by atoms with Gasteiger partial charge in [-0.15, -0.1) is 0 Å². The van der Waals surface area contributed by atoms with Gasteiger partial charge < -0.3 is 24.9 Å². The summed E-state index contributed by atoms with van der Waals surface area (Å²) in [5, 5.41) is 15.3. The quantitative estimate of drug-likeness (QED) is 0.485. The minimum absolute atomic E-state index is 0.0542. The van der Waals surface area contributed by atoms with Gasteiger partial charge in [0.1, 0.15) is 0 Å². The number of nitrogens with one attached hydrogen (secondary N) is 2. The molecule has 1 heterocycles. The van der Waals surface area contributed by atoms with Gasteiger partial charge in [0.25, 0.3) is 0 Å². The predicted molar refractivity (Wildman–Crippen MR) is 114 cm³/mol. The van der Waals surface area contributed by atoms with Crippen molar-refractivity contribution in [3.63, 3.8) is 0 Å². The predicted octanol–water partition coefficient (Wildman–Crippen LogP) is 3.87. The van der Waals surface area contributed by atoms with E-state index in [1.165, 1.54) is 7.11 Å². The summed E-state index contributed by atoms with van der Waals surface area (Å²) in [5.41, 5.74) is 2.89. The summed E-state index contributed by atoms with van der Waals surface area (Å²) >= 11 is 6.00. The van der Waals surface area contributed by atoms with Crippen LogP contribution in [0.1, 0.15) is 34.5 Å². The number of esters is 1. The Morgan fingerprint density at radius 1 is 1.24 bits per heavy atom. The van der Waals surface area contributed by atoms with Crippen LogP contribution in [0, 0.1) is 0 Å². The summed E-state index contributed by atoms with van der Waals surface area (Å²) in [6.07, 6.45) is -0.0114. The van der Waals surface area contributed by atoms with Gasteiger partial charge in [0.05, 0.1) is 31.4 Å². The molecular formula is C22H25ClN2O4. The van der Waals surface area contributed by atoms with Gasteiger partial charge in [-0.25, -0.2) is 4.79 Å². The normalized spacial score (nSPS) is 13.3. The molecule has 2 aromatic carbocycles. The van der Waals surface area contributed by atoms with Crippen LogP contribution in [0.5, 0.6) is 5.88 Å². The number of H-pyrrole nitrogens is 1. The molecule has 154 valence electrons. The van der Waals surface area contributed by atoms with Crippen molar-refractivity contribution in [2.24, 2.45) is 0 Å². The number of aliphatic hydroxyl groups excluding tert-OH is 1. The second kappa shape index (κ2) is 9.31. The van der Waals surface area contributed by atoms with E-state index in [0.29, 0.717) is 34.9 Å². The number of hydrogen-bond donors (Lipinski definition) is 3. The van der Waals surface area contributed by atoms with Gasteiger partial charge in [-0.05, 0) is 37.1 Å². The number of rotatable bonds is 8. The zero-order valence-corrected chi connectivity index (χ0v) is 17.4. The fraction of sp³-hybridized carbons (Fsp3) is 0.318. The largest absolute Gasteiger partial charge is 0.482 e. The third kappa shape index (κ3) is 4.72. The Bertz CT molecular complexity index is 1000. The molecular weight excluding hydrogens is 392 g/mol. The molecule has 0 aliphatic rings. The number of fused-ring (bicyclic) bond motifs is 1. The van der Waals surface area contributed by atoms with E-state index in [9.17, 15) is 9.90 Å². The van der Waals surface area contributed by atoms with Crippen LogP contribution in [-0.2, 0) is 11.2 Å². The Hall–Kier alpha value is -2.54. The smallest absolute Gasteiger partial charge is 0.339 e. The Morgan fingerprint density at radius 2 is 2.00 bits per heavy atom. The van der Waals surface area contributed by atoms with Crippen molar-refractivity contribution in [2.45, 2.75) is 25.5 Å². The molecule has 0 aliphatic carbocycles. The number of halogens is 1. The first-order valence-corrected chi connectivity index (χ1v) is 9.75. The van der Waals surface area contributed by atoms with Crippen molar-refractivity contribution in [3.8, 4) is 5.88 Å². The average molecular weight is 417 g/mol. The lowest BCUT2D eigenvalue weighted by Crippen LogP contribution is -2.32. The molecule has 0 radical (unpaired) electrons. The number of aromatic nitrogens is 1. The maximum absolute atomic E-state index is 12.1. The molecule has 1 aromatic heterocycles. The third-order valence-corrected chi connectivity index (χ3v) is 5.15. The second-order valence-electron chi connectivity index (χ2n) is 6.94. The van der Waals surface area contributed by atoms with Crippen LogP contribution in [-0.4, -0.2) is 42.9 Å². The van der Waals surface area contributed by atoms with Gasteiger partial charge in [0.15, 0.2) is 5.88 Å². The minimum Gasteiger partial charge on any atom is -0.482 e. The van der Waals surface area contributed by atoms with Crippen LogP contribution in [0.25, 0.3) is 10.9 Å². The maximum Gasteiger partial charge on any atom is 0.339 e. The van der Waals surface area contributed by atoms with Crippen LogP contribution < -0.4 is 10.1 Å². The average Bonchev–Trinajstić information content (AvgIpc) is 3.09. The molecule has 6 nitrogen and oxygen atoms in total. The van der Waals surface area contributed by atoms with Gasteiger partial charge >= 0.3 is 5.97 Å². The SMILES string of the molecule is COC(=O)c1cccc2c(CC(C)NCC(O)c3cccc(Cl)c3)c(OC)[nH]c12. The van der Waals surface area contributed by atoms with Crippen LogP contribution in [0.4, 0.5) is 0 Å². The first-order valence-electron chi connectivity index (χ1n) is 9.37. The number of para-hydroxylation sites is 1. The maximum atomic E-state index is 12.1. The van der Waals surface area contributed by atoms with Crippen LogP contribution in [0.3, 0.4) is 0 Å². The number of ether oxygens (including phenoxy) is 2. The standard InChI is InChI=1S/C22H25ClN2O4/c1-13(24-12-19(26)14-6-4-7-15(23)11-14)10-18-16-8-5-9-17(22(27)29-3)20(16)25-21(18)28-2/h4-9,11,13,19,24-26H,10,12H2,1-3H3. The summed E-state index contributed by atoms with van der Waals surface area (Å²) in [7, 11) is 2.95. The van der Waals surface area contributed by atoms with E-state index in [0.717, 1.165) is 16.5 Å². The first-order chi connectivity index (χ1) is 13.9. The molecule has 3 N–H and O–H groups in total. The van der Waals surface area contributed by atoms with Crippen molar-refractivity contribution in [3.05, 3.63) is 64.2 Å². The zero-order valence-electron chi connectivity index (χ0n) is 16.7. The summed E-state index contributed by atoms with van der Waals surface area (Å²) < 4.78 is 10.4. The van der Waals surface area contributed by atoms with Crippen LogP contribution in [0.2, 0.25) is 5.02 Å². The molecule has 0 fully saturated rings. The summed E-state index contributed by atoms with van der Waals surface area (Å²) in [4.78, 5) is 15.2. The fourth-order valence-corrected chi connectivity index (χ4v) is 3.63. The fourth-order valence-electron chi connectivity index (χ4n) is 3.43. The lowest BCUT2D eigenvalue weighted by atomic mass is 10.0. The highest BCUT2D eigenvalue weighted by Gasteiger charge is 2.20. The molecule has 0 spiro atoms. The van der Waals surface area contributed by atoms with Crippen molar-refractivity contribution in [2.75, 3.05) is 20.8 Å². The van der Waals surface area contributed by atoms with Gasteiger partial charge in [0.2, 0.25) is 0 Å². The van der Waals surface area contributed by atoms with E-state index < -0.39 is 12.1 Å². The van der Waals surface area contributed by atoms with Crippen molar-refractivity contribution >= 4 is 28.5 Å². The molecule has 0 amide bonds. The third-order valence-electron chi connectivity index (χ3n) is 4.92. The summed E-state index contributed by atoms with van der Waals surface area (Å²) in [6.45, 7) is 2.42. The number of carbonyl (C=O) groups is 1. The lowest BCUT2D eigenvalue weighted by Gasteiger charge is -2.18. The molecule has 0 bridgehead atoms. The molecule has 2 atom stereocenters. The van der Waals surface area contributed by atoms with E-state index in [4.69, 9.17) is 21.1 Å². The molecule has 0 saturated carbocycles. The Kier molecular flexibility index (Phi) is 6.79. The lowest BCUT2D eigenvalue weighted by molar-refractivity contribution is 0.0603. The Balaban J connectivity index is 1.76. The van der Waals surface area contributed by atoms with Crippen molar-refractivity contribution in [1.82, 2.24) is 10.3 Å². The number of benzene rings is 2. The van der Waals surface area contributed by atoms with E-state index in [2.05, 4.69) is 10.3 Å². The van der Waals surface area contributed by atoms with Gasteiger partial charge in [0, 0.05) is 28.6 Å². The van der Waals surface area contributed by atoms with Crippen molar-refractivity contribution in [1.29, 1.82) is 0 Å². The molecule has 0 aliphatic heterocycles. The highest BCUT2D eigenvalue weighted by Crippen LogP contribution is 2.31. The molecule has 7 heteroatoms. The molecule has 2 unspecified atom stereocenters. The number of methoxy groups -OCH3 is 2. The second-order valence-corrected chi connectivity index (χ2v) is 7.38. The van der Waals surface area contributed by atoms with Crippen LogP contribution >= 0.6 is 11.6 Å². The zero-order chi connectivity index (χ0) is 21.0. The van der Waals surface area contributed by atoms with Crippen molar-refractivity contribution < 1.29 is 19.4 Å². The number of aliphatic hydroxyl groups is 1. The highest BCUT2D eigenvalue weighted by molar-refractivity contribution is 6.30. The molecule has 29 heavy (non-hydrogen) atoms. The summed E-state index contributed by atoms with van der Waals surface area (Å²) in [5.74, 6) is 0.210. The first kappa shape index (κ1) is 21.2. The molecule has 3 aromatic rings. The number of carbonyl (C=O) groups excluding carboxylic acids is 1. The van der Waals surface area contributed by atoms with Gasteiger partial charge in [-0.3, -0.25) is 0 Å². The summed E-state index contributed by atoms with van der Waals surface area (Å²) in [6, 6.07) is 12.8. The molecule has 3 rings (SSSR count). The Morgan fingerprint density at radius 3 is 2.69 bits per heavy atom. The van der Waals surface area contributed by atoms with E-state index in [1.807, 2.05) is 31.2 Å². The van der Waals surface area contributed by atoms with E-state index in [-0.39, 0.29) is 6.04 Å². The van der Waals surface area contributed by atoms with E-state index in [1.54, 1.807) is 25.3 Å². The van der Waals surface area contributed by atoms with Gasteiger partial charge in [-0.1, -0.05) is 35.9 Å². The van der Waals surface area contributed by atoms with Gasteiger partial charge in [-0.2, -0.15) is 0 Å². The Labute approximate surface area is 174 Å². The molecule has 0 saturated heterocycles. The number of aromatic amines is 1. The van der Waals surface area contributed by atoms with Crippen LogP contribution in [0.15, 0.2) is 42.5 Å². The monoisotopic (exact) mass is 416 g/mol. The highest BCUT2D eigenvalue weighted by atomic mass is 35.5. The number of hydrogen-bond acceptors (Lipinski definition) is 5.